The van der Waals surface area contributed by atoms with Crippen molar-refractivity contribution in [2.24, 2.45) is 0 Å². The van der Waals surface area contributed by atoms with Gasteiger partial charge in [0.25, 0.3) is 15.9 Å². The predicted molar refractivity (Wildman–Crippen MR) is 124 cm³/mol. The molecule has 1 fully saturated rings. The Morgan fingerprint density at radius 2 is 1.79 bits per heavy atom. The van der Waals surface area contributed by atoms with Crippen LogP contribution in [0, 0.1) is 5.82 Å². The van der Waals surface area contributed by atoms with E-state index >= 15 is 0 Å². The number of benzene rings is 1. The number of nitrogens with zero attached hydrogens (tertiary/aromatic N) is 1. The molecule has 1 aromatic carbocycles. The first kappa shape index (κ1) is 25.8. The van der Waals surface area contributed by atoms with Crippen molar-refractivity contribution in [2.45, 2.75) is 37.8 Å². The van der Waals surface area contributed by atoms with Gasteiger partial charge in [-0.15, -0.1) is 0 Å². The summed E-state index contributed by atoms with van der Waals surface area (Å²) >= 11 is 0. The Balaban J connectivity index is 1.62. The first-order chi connectivity index (χ1) is 15.9. The molecule has 186 valence electrons. The first-order valence-electron chi connectivity index (χ1n) is 10.8. The van der Waals surface area contributed by atoms with Crippen LogP contribution >= 0.6 is 0 Å². The number of nitrogens with one attached hydrogen (secondary N) is 3. The number of morpholine rings is 1. The summed E-state index contributed by atoms with van der Waals surface area (Å²) in [6.45, 7) is 8.28. The average molecular weight is 497 g/mol. The van der Waals surface area contributed by atoms with Gasteiger partial charge in [0.15, 0.2) is 5.76 Å². The second-order valence-corrected chi connectivity index (χ2v) is 10.5. The highest BCUT2D eigenvalue weighted by Crippen LogP contribution is 2.22. The highest BCUT2D eigenvalue weighted by atomic mass is 32.2. The Kier molecular flexibility index (Phi) is 8.08. The second-order valence-electron chi connectivity index (χ2n) is 8.88. The molecule has 0 bridgehead atoms. The lowest BCUT2D eigenvalue weighted by Crippen LogP contribution is -2.40. The van der Waals surface area contributed by atoms with Crippen LogP contribution in [0.15, 0.2) is 39.8 Å². The summed E-state index contributed by atoms with van der Waals surface area (Å²) in [5, 5.41) is 4.62. The Labute approximate surface area is 197 Å². The third-order valence-corrected chi connectivity index (χ3v) is 6.40. The van der Waals surface area contributed by atoms with Gasteiger partial charge in [0, 0.05) is 37.3 Å². The van der Waals surface area contributed by atoms with Gasteiger partial charge in [-0.25, -0.2) is 17.5 Å². The van der Waals surface area contributed by atoms with E-state index < -0.39 is 32.4 Å². The highest BCUT2D eigenvalue weighted by Gasteiger charge is 2.26. The molecule has 0 spiro atoms. The molecule has 2 aromatic rings. The van der Waals surface area contributed by atoms with E-state index in [1.165, 1.54) is 24.3 Å². The van der Waals surface area contributed by atoms with Gasteiger partial charge in [-0.05, 0) is 51.1 Å². The van der Waals surface area contributed by atoms with Crippen molar-refractivity contribution in [2.75, 3.05) is 43.5 Å². The van der Waals surface area contributed by atoms with Gasteiger partial charge in [0.1, 0.15) is 5.82 Å². The number of carbonyl (C=O) groups is 2. The molecule has 0 aliphatic carbocycles. The molecule has 2 amide bonds. The summed E-state index contributed by atoms with van der Waals surface area (Å²) in [6, 6.07) is 6.11. The zero-order chi connectivity index (χ0) is 24.9. The molecule has 0 atom stereocenters. The smallest absolute Gasteiger partial charge is 0.291 e. The molecule has 2 heterocycles. The van der Waals surface area contributed by atoms with E-state index in [2.05, 4.69) is 20.3 Å². The number of carbonyl (C=O) groups excluding carboxylic acids is 2. The van der Waals surface area contributed by atoms with Crippen LogP contribution in [0.2, 0.25) is 0 Å². The molecule has 1 aromatic heterocycles. The van der Waals surface area contributed by atoms with Crippen LogP contribution in [-0.4, -0.2) is 63.5 Å². The van der Waals surface area contributed by atoms with E-state index in [0.717, 1.165) is 19.2 Å². The lowest BCUT2D eigenvalue weighted by molar-refractivity contribution is -0.116. The number of halogens is 1. The fraction of sp³-hybridized carbons (Fsp3) is 0.455. The number of furan rings is 1. The number of anilines is 2. The molecular formula is C22H29FN4O6S. The number of hydrogen-bond acceptors (Lipinski definition) is 7. The Hall–Kier alpha value is -2.80. The van der Waals surface area contributed by atoms with Gasteiger partial charge >= 0.3 is 0 Å². The van der Waals surface area contributed by atoms with Gasteiger partial charge in [0.2, 0.25) is 11.0 Å². The van der Waals surface area contributed by atoms with Gasteiger partial charge in [-0.2, -0.15) is 0 Å². The van der Waals surface area contributed by atoms with Crippen molar-refractivity contribution in [3.05, 3.63) is 41.9 Å². The summed E-state index contributed by atoms with van der Waals surface area (Å²) in [7, 11) is -3.95. The topological polar surface area (TPSA) is 130 Å². The van der Waals surface area contributed by atoms with Crippen molar-refractivity contribution in [3.8, 4) is 0 Å². The van der Waals surface area contributed by atoms with Crippen LogP contribution in [0.4, 0.5) is 15.8 Å². The molecule has 12 heteroatoms. The van der Waals surface area contributed by atoms with Gasteiger partial charge < -0.3 is 19.8 Å². The Bertz CT molecular complexity index is 1140. The number of rotatable bonds is 8. The maximum absolute atomic E-state index is 14.2. The number of sulfonamides is 1. The first-order valence-corrected chi connectivity index (χ1v) is 12.3. The lowest BCUT2D eigenvalue weighted by Gasteiger charge is -2.26. The van der Waals surface area contributed by atoms with Crippen molar-refractivity contribution in [1.82, 2.24) is 9.62 Å². The summed E-state index contributed by atoms with van der Waals surface area (Å²) in [5.41, 5.74) is -0.615. The van der Waals surface area contributed by atoms with Crippen molar-refractivity contribution in [1.29, 1.82) is 0 Å². The van der Waals surface area contributed by atoms with Gasteiger partial charge in [0.05, 0.1) is 18.9 Å². The average Bonchev–Trinajstić information content (AvgIpc) is 3.25. The molecule has 1 saturated heterocycles. The minimum atomic E-state index is -3.95. The van der Waals surface area contributed by atoms with E-state index in [1.807, 2.05) is 0 Å². The Morgan fingerprint density at radius 3 is 2.47 bits per heavy atom. The number of ether oxygens (including phenoxy) is 1. The molecule has 3 N–H and O–H groups in total. The molecule has 0 radical (unpaired) electrons. The van der Waals surface area contributed by atoms with Crippen molar-refractivity contribution < 1.29 is 31.6 Å². The number of amides is 2. The Morgan fingerprint density at radius 1 is 1.09 bits per heavy atom. The van der Waals surface area contributed by atoms with Crippen LogP contribution in [-0.2, 0) is 19.6 Å². The van der Waals surface area contributed by atoms with Gasteiger partial charge in [-0.1, -0.05) is 0 Å². The van der Waals surface area contributed by atoms with E-state index in [-0.39, 0.29) is 29.5 Å². The third kappa shape index (κ3) is 7.35. The maximum atomic E-state index is 14.2. The second kappa shape index (κ2) is 10.6. The largest absolute Gasteiger partial charge is 0.438 e. The minimum absolute atomic E-state index is 0.0816. The van der Waals surface area contributed by atoms with E-state index in [1.54, 1.807) is 20.8 Å². The standard InChI is InChI=1S/C22H29FN4O6S/c1-22(2,3)26-34(30,31)20-7-6-18(33-20)21(29)24-15-4-5-16(23)17(14-15)25-19(28)8-9-27-10-12-32-13-11-27/h4-7,14,26H,8-13H2,1-3H3,(H,24,29)(H,25,28). The molecule has 0 unspecified atom stereocenters. The zero-order valence-corrected chi connectivity index (χ0v) is 20.1. The quantitative estimate of drug-likeness (QED) is 0.512. The van der Waals surface area contributed by atoms with E-state index in [0.29, 0.717) is 19.8 Å². The predicted octanol–water partition coefficient (Wildman–Crippen LogP) is 2.41. The van der Waals surface area contributed by atoms with E-state index in [9.17, 15) is 22.4 Å². The fourth-order valence-corrected chi connectivity index (χ4v) is 4.58. The molecule has 34 heavy (non-hydrogen) atoms. The number of hydrogen-bond donors (Lipinski definition) is 3. The molecule has 0 saturated carbocycles. The molecule has 10 nitrogen and oxygen atoms in total. The van der Waals surface area contributed by atoms with Crippen molar-refractivity contribution >= 4 is 33.2 Å². The summed E-state index contributed by atoms with van der Waals surface area (Å²) in [4.78, 5) is 26.9. The van der Waals surface area contributed by atoms with Crippen LogP contribution in [0.1, 0.15) is 37.7 Å². The summed E-state index contributed by atoms with van der Waals surface area (Å²) in [5.74, 6) is -1.98. The molecule has 3 rings (SSSR count). The fourth-order valence-electron chi connectivity index (χ4n) is 3.23. The SMILES string of the molecule is CC(C)(C)NS(=O)(=O)c1ccc(C(=O)Nc2ccc(F)c(NC(=O)CCN3CCOCC3)c2)o1. The van der Waals surface area contributed by atoms with Gasteiger partial charge in [-0.3, -0.25) is 14.5 Å². The lowest BCUT2D eigenvalue weighted by atomic mass is 10.1. The third-order valence-electron chi connectivity index (χ3n) is 4.77. The van der Waals surface area contributed by atoms with E-state index in [4.69, 9.17) is 9.15 Å². The van der Waals surface area contributed by atoms with Crippen LogP contribution in [0.25, 0.3) is 0 Å². The molecular weight excluding hydrogens is 467 g/mol. The summed E-state index contributed by atoms with van der Waals surface area (Å²) < 4.78 is 51.8. The molecule has 1 aliphatic heterocycles. The minimum Gasteiger partial charge on any atom is -0.438 e. The van der Waals surface area contributed by atoms with Crippen LogP contribution < -0.4 is 15.4 Å². The van der Waals surface area contributed by atoms with Crippen molar-refractivity contribution in [3.63, 3.8) is 0 Å². The summed E-state index contributed by atoms with van der Waals surface area (Å²) in [6.07, 6.45) is 0.183. The van der Waals surface area contributed by atoms with Crippen LogP contribution in [0.5, 0.6) is 0 Å². The maximum Gasteiger partial charge on any atom is 0.291 e. The zero-order valence-electron chi connectivity index (χ0n) is 19.3. The normalized spacial score (nSPS) is 15.2. The highest BCUT2D eigenvalue weighted by molar-refractivity contribution is 7.89. The monoisotopic (exact) mass is 496 g/mol. The van der Waals surface area contributed by atoms with Crippen LogP contribution in [0.3, 0.4) is 0 Å². The molecule has 1 aliphatic rings.